The van der Waals surface area contributed by atoms with Crippen LogP contribution in [0.25, 0.3) is 0 Å². The first-order chi connectivity index (χ1) is 18.3. The zero-order valence-corrected chi connectivity index (χ0v) is 24.5. The average molecular weight is 773 g/mol. The molecule has 0 rings (SSSR count). The van der Waals surface area contributed by atoms with Crippen LogP contribution in [0, 0.1) is 4.20 Å². The molecule has 0 bridgehead atoms. The number of ether oxygens (including phenoxy) is 2. The smallest absolute Gasteiger partial charge is 0.0696 e. The van der Waals surface area contributed by atoms with Crippen molar-refractivity contribution >= 4 is 0 Å². The summed E-state index contributed by atoms with van der Waals surface area (Å²) in [5, 5.41) is 23.8. The van der Waals surface area contributed by atoms with E-state index in [4.69, 9.17) is 15.3 Å². The van der Waals surface area contributed by atoms with E-state index in [2.05, 4.69) is 20.6 Å². The first kappa shape index (κ1) is 51.6. The van der Waals surface area contributed by atoms with Crippen molar-refractivity contribution in [2.24, 2.45) is 0 Å². The van der Waals surface area contributed by atoms with Crippen molar-refractivity contribution in [2.45, 2.75) is 88.0 Å². The molecule has 43 heavy (non-hydrogen) atoms. The molecule has 0 aliphatic carbocycles. The van der Waals surface area contributed by atoms with Crippen LogP contribution < -0.4 is 0 Å². The second-order valence-electron chi connectivity index (χ2n) is 7.69. The second kappa shape index (κ2) is 18.9. The van der Waals surface area contributed by atoms with Crippen molar-refractivity contribution in [3.8, 4) is 4.20 Å². The van der Waals surface area contributed by atoms with Crippen LogP contribution in [0.4, 0.5) is 79.0 Å². The van der Waals surface area contributed by atoms with Gasteiger partial charge in [-0.1, -0.05) is 0 Å². The van der Waals surface area contributed by atoms with Crippen molar-refractivity contribution < 1.29 is 123 Å². The summed E-state index contributed by atoms with van der Waals surface area (Å²) < 4.78 is 217. The van der Waals surface area contributed by atoms with Gasteiger partial charge in [0.2, 0.25) is 0 Å². The summed E-state index contributed by atoms with van der Waals surface area (Å²) in [4.78, 5) is 0. The summed E-state index contributed by atoms with van der Waals surface area (Å²) in [6, 6.07) is 0. The maximum Gasteiger partial charge on any atom is 0.0696 e. The number of halogens is 18. The van der Waals surface area contributed by atoms with Crippen LogP contribution in [0.1, 0.15) is 34.1 Å². The van der Waals surface area contributed by atoms with Gasteiger partial charge in [0.25, 0.3) is 16.8 Å². The molecular formula is C19H27F18MoO5. The fourth-order valence-corrected chi connectivity index (χ4v) is 0.649. The summed E-state index contributed by atoms with van der Waals surface area (Å²) in [6.45, 7) is 2.43. The van der Waals surface area contributed by atoms with Crippen LogP contribution in [-0.4, -0.2) is 96.6 Å². The maximum absolute atomic E-state index is 11.4. The van der Waals surface area contributed by atoms with Crippen LogP contribution in [0.3, 0.4) is 0 Å². The Morgan fingerprint density at radius 2 is 0.581 bits per heavy atom. The number of hydrogen-bond donors (Lipinski definition) is 3. The normalized spacial score (nSPS) is 13.4. The maximum atomic E-state index is 11.4. The van der Waals surface area contributed by atoms with E-state index in [1.54, 1.807) is 14.2 Å². The molecule has 0 amide bonds. The molecule has 0 fully saturated rings. The first-order valence-corrected chi connectivity index (χ1v) is 11.2. The van der Waals surface area contributed by atoms with E-state index in [0.29, 0.717) is 13.2 Å². The Hall–Kier alpha value is -0.992. The Bertz CT molecular complexity index is 633. The van der Waals surface area contributed by atoms with Gasteiger partial charge in [-0.05, 0) is 20.8 Å². The Balaban J connectivity index is -0.000000146. The molecule has 0 aromatic carbocycles. The van der Waals surface area contributed by atoms with E-state index >= 15 is 0 Å². The van der Waals surface area contributed by atoms with E-state index in [9.17, 15) is 79.0 Å². The minimum absolute atomic E-state index is 0.340. The second-order valence-corrected chi connectivity index (χ2v) is 8.40. The van der Waals surface area contributed by atoms with Crippen LogP contribution in [-0.2, 0) is 28.6 Å². The summed E-state index contributed by atoms with van der Waals surface area (Å²) in [5.74, 6) is 0. The van der Waals surface area contributed by atoms with Crippen molar-refractivity contribution in [2.75, 3.05) is 27.4 Å². The predicted molar refractivity (Wildman–Crippen MR) is 106 cm³/mol. The van der Waals surface area contributed by atoms with Crippen molar-refractivity contribution in [1.29, 1.82) is 0 Å². The Labute approximate surface area is 243 Å². The SMILES string of the molecule is CC(O)(C(F)(F)F)C(F)(F)F.CC(O)(C(F)(F)F)C(F)(F)F.CC(O)(C(F)(F)F)C(F)(F)F.CC[C]#[Mo].COCCOC. The average Bonchev–Trinajstić information content (AvgIpc) is 2.74. The summed E-state index contributed by atoms with van der Waals surface area (Å²) >= 11 is 1.87. The van der Waals surface area contributed by atoms with Crippen LogP contribution in [0.2, 0.25) is 0 Å². The van der Waals surface area contributed by atoms with E-state index in [0.717, 1.165) is 6.42 Å². The third-order valence-electron chi connectivity index (χ3n) is 3.95. The Morgan fingerprint density at radius 3 is 0.605 bits per heavy atom. The van der Waals surface area contributed by atoms with Gasteiger partial charge in [0.15, 0.2) is 0 Å². The Kier molecular flexibility index (Phi) is 22.6. The van der Waals surface area contributed by atoms with Gasteiger partial charge in [-0.3, -0.25) is 0 Å². The monoisotopic (exact) mass is 775 g/mol. The molecule has 3 N–H and O–H groups in total. The van der Waals surface area contributed by atoms with Gasteiger partial charge in [0.05, 0.1) is 13.2 Å². The quantitative estimate of drug-likeness (QED) is 0.168. The third-order valence-corrected chi connectivity index (χ3v) is 4.66. The minimum Gasteiger partial charge on any atom is -0.382 e. The number of alkyl halides is 18. The van der Waals surface area contributed by atoms with Gasteiger partial charge in [-0.25, -0.2) is 0 Å². The first-order valence-electron chi connectivity index (χ1n) is 10.2. The molecule has 0 aliphatic rings. The molecule has 0 aromatic heterocycles. The van der Waals surface area contributed by atoms with Crippen LogP contribution in [0.5, 0.6) is 0 Å². The van der Waals surface area contributed by atoms with Gasteiger partial charge < -0.3 is 24.8 Å². The van der Waals surface area contributed by atoms with E-state index < -0.39 is 53.9 Å². The van der Waals surface area contributed by atoms with Crippen molar-refractivity contribution in [3.63, 3.8) is 0 Å². The molecule has 0 atom stereocenters. The molecule has 0 unspecified atom stereocenters. The minimum atomic E-state index is -5.69. The number of methoxy groups -OCH3 is 2. The zero-order valence-electron chi connectivity index (χ0n) is 22.5. The number of aliphatic hydroxyl groups is 3. The molecule has 24 heteroatoms. The predicted octanol–water partition coefficient (Wildman–Crippen LogP) is 6.77. The topological polar surface area (TPSA) is 79.2 Å². The molecule has 5 nitrogen and oxygen atoms in total. The number of hydrogen-bond acceptors (Lipinski definition) is 5. The molecule has 0 heterocycles. The van der Waals surface area contributed by atoms with Gasteiger partial charge in [0, 0.05) is 14.2 Å². The van der Waals surface area contributed by atoms with Gasteiger partial charge >= 0.3 is 73.8 Å². The summed E-state index contributed by atoms with van der Waals surface area (Å²) in [6.07, 6.45) is -33.1. The molecular weight excluding hydrogens is 746 g/mol. The van der Waals surface area contributed by atoms with E-state index in [1.165, 1.54) is 0 Å². The van der Waals surface area contributed by atoms with Crippen LogP contribution in [0.15, 0.2) is 0 Å². The fraction of sp³-hybridized carbons (Fsp3) is 0.947. The van der Waals surface area contributed by atoms with Gasteiger partial charge in [0.1, 0.15) is 0 Å². The van der Waals surface area contributed by atoms with Crippen LogP contribution >= 0.6 is 0 Å². The van der Waals surface area contributed by atoms with Gasteiger partial charge in [-0.2, -0.15) is 79.0 Å². The molecule has 0 spiro atoms. The standard InChI is InChI=1S/3C4H4F6O.C4H10O2.C3H5.Mo/c3*1-2(11,3(5,6)7)4(8,9)10;1-5-3-4-6-2;1-3-2;/h3*11H,1H3;3-4H2,1-2H3;3H2,1H3;. The Morgan fingerprint density at radius 1 is 0.465 bits per heavy atom. The van der Waals surface area contributed by atoms with E-state index in [-0.39, 0.29) is 20.8 Å². The summed E-state index contributed by atoms with van der Waals surface area (Å²) in [5.41, 5.74) is -13.9. The molecule has 0 saturated heterocycles. The zero-order chi connectivity index (χ0) is 36.7. The van der Waals surface area contributed by atoms with Crippen molar-refractivity contribution in [1.82, 2.24) is 0 Å². The molecule has 0 aliphatic heterocycles. The molecule has 265 valence electrons. The summed E-state index contributed by atoms with van der Waals surface area (Å²) in [7, 11) is 3.30. The van der Waals surface area contributed by atoms with Crippen molar-refractivity contribution in [3.05, 3.63) is 0 Å². The van der Waals surface area contributed by atoms with E-state index in [1.807, 2.05) is 19.2 Å². The fourth-order valence-electron chi connectivity index (χ4n) is 0.649. The molecule has 0 aromatic rings. The van der Waals surface area contributed by atoms with Gasteiger partial charge in [-0.15, -0.1) is 0 Å². The number of rotatable bonds is 3. The molecule has 0 radical (unpaired) electrons. The largest absolute Gasteiger partial charge is 0.382 e. The third kappa shape index (κ3) is 19.2. The molecule has 0 saturated carbocycles.